The highest BCUT2D eigenvalue weighted by atomic mass is 15.0. The summed E-state index contributed by atoms with van der Waals surface area (Å²) in [5, 5.41) is 4.04. The number of hydrogen-bond donors (Lipinski definition) is 1. The quantitative estimate of drug-likeness (QED) is 0.673. The van der Waals surface area contributed by atoms with Crippen LogP contribution in [0.2, 0.25) is 0 Å². The Kier molecular flexibility index (Phi) is 3.23. The van der Waals surface area contributed by atoms with Crippen molar-refractivity contribution in [3.8, 4) is 0 Å². The standard InChI is InChI=1S/C16H29N/c1-10-8-14-12(3)13-6-4-5-7-15(13)17-16(14)9-11(10)2/h10-17H,4-9H2,1-3H3. The summed E-state index contributed by atoms with van der Waals surface area (Å²) in [6, 6.07) is 1.70. The molecule has 0 amide bonds. The summed E-state index contributed by atoms with van der Waals surface area (Å²) in [6.45, 7) is 7.49. The molecule has 7 unspecified atom stereocenters. The summed E-state index contributed by atoms with van der Waals surface area (Å²) in [5.74, 6) is 4.81. The molecule has 1 heteroatoms. The molecular weight excluding hydrogens is 206 g/mol. The van der Waals surface area contributed by atoms with Gasteiger partial charge in [0.2, 0.25) is 0 Å². The highest BCUT2D eigenvalue weighted by Crippen LogP contribution is 2.46. The van der Waals surface area contributed by atoms with Gasteiger partial charge in [-0.15, -0.1) is 0 Å². The van der Waals surface area contributed by atoms with E-state index in [0.29, 0.717) is 0 Å². The van der Waals surface area contributed by atoms with Crippen molar-refractivity contribution in [2.45, 2.75) is 71.4 Å². The molecule has 1 N–H and O–H groups in total. The Hall–Kier alpha value is -0.0400. The van der Waals surface area contributed by atoms with E-state index >= 15 is 0 Å². The van der Waals surface area contributed by atoms with Crippen LogP contribution in [-0.4, -0.2) is 12.1 Å². The van der Waals surface area contributed by atoms with Crippen molar-refractivity contribution in [1.29, 1.82) is 0 Å². The lowest BCUT2D eigenvalue weighted by molar-refractivity contribution is 0.00800. The normalized spacial score (nSPS) is 54.9. The molecule has 3 fully saturated rings. The second-order valence-corrected chi connectivity index (χ2v) is 7.28. The zero-order valence-electron chi connectivity index (χ0n) is 11.8. The molecule has 1 heterocycles. The third-order valence-electron chi connectivity index (χ3n) is 6.36. The molecule has 3 aliphatic rings. The van der Waals surface area contributed by atoms with Crippen LogP contribution in [0, 0.1) is 29.6 Å². The van der Waals surface area contributed by atoms with Gasteiger partial charge in [-0.3, -0.25) is 0 Å². The zero-order valence-corrected chi connectivity index (χ0v) is 11.8. The molecule has 0 aromatic heterocycles. The van der Waals surface area contributed by atoms with Gasteiger partial charge in [-0.05, 0) is 55.3 Å². The van der Waals surface area contributed by atoms with E-state index in [-0.39, 0.29) is 0 Å². The Balaban J connectivity index is 1.76. The molecule has 2 aliphatic carbocycles. The van der Waals surface area contributed by atoms with Crippen LogP contribution in [0.4, 0.5) is 0 Å². The van der Waals surface area contributed by atoms with E-state index in [9.17, 15) is 0 Å². The molecular formula is C16H29N. The van der Waals surface area contributed by atoms with Crippen LogP contribution < -0.4 is 5.32 Å². The van der Waals surface area contributed by atoms with E-state index < -0.39 is 0 Å². The van der Waals surface area contributed by atoms with Gasteiger partial charge in [0, 0.05) is 12.1 Å². The summed E-state index contributed by atoms with van der Waals surface area (Å²) in [6.07, 6.45) is 8.79. The fourth-order valence-electron chi connectivity index (χ4n) is 4.99. The summed E-state index contributed by atoms with van der Waals surface area (Å²) in [4.78, 5) is 0. The topological polar surface area (TPSA) is 12.0 Å². The fourth-order valence-corrected chi connectivity index (χ4v) is 4.99. The van der Waals surface area contributed by atoms with Gasteiger partial charge in [0.05, 0.1) is 0 Å². The average molecular weight is 235 g/mol. The Morgan fingerprint density at radius 1 is 0.765 bits per heavy atom. The zero-order chi connectivity index (χ0) is 12.0. The first kappa shape index (κ1) is 12.0. The molecule has 0 radical (unpaired) electrons. The van der Waals surface area contributed by atoms with Crippen LogP contribution in [0.3, 0.4) is 0 Å². The minimum absolute atomic E-state index is 0.843. The van der Waals surface area contributed by atoms with E-state index in [2.05, 4.69) is 26.1 Å². The summed E-state index contributed by atoms with van der Waals surface area (Å²) >= 11 is 0. The van der Waals surface area contributed by atoms with E-state index in [1.807, 2.05) is 0 Å². The van der Waals surface area contributed by atoms with Gasteiger partial charge in [0.25, 0.3) is 0 Å². The Bertz CT molecular complexity index is 273. The van der Waals surface area contributed by atoms with E-state index in [4.69, 9.17) is 0 Å². The van der Waals surface area contributed by atoms with E-state index in [0.717, 1.165) is 41.7 Å². The van der Waals surface area contributed by atoms with E-state index in [1.165, 1.54) is 38.5 Å². The van der Waals surface area contributed by atoms with E-state index in [1.54, 1.807) is 0 Å². The van der Waals surface area contributed by atoms with Gasteiger partial charge in [0.15, 0.2) is 0 Å². The van der Waals surface area contributed by atoms with Crippen LogP contribution in [0.15, 0.2) is 0 Å². The number of fused-ring (bicyclic) bond motifs is 2. The highest BCUT2D eigenvalue weighted by Gasteiger charge is 2.45. The minimum Gasteiger partial charge on any atom is -0.311 e. The Labute approximate surface area is 107 Å². The maximum atomic E-state index is 4.04. The lowest BCUT2D eigenvalue weighted by Gasteiger charge is -2.53. The number of rotatable bonds is 0. The predicted octanol–water partition coefficient (Wildman–Crippen LogP) is 3.84. The van der Waals surface area contributed by atoms with Crippen molar-refractivity contribution >= 4 is 0 Å². The molecule has 1 saturated heterocycles. The number of piperidine rings is 1. The number of hydrogen-bond acceptors (Lipinski definition) is 1. The molecule has 2 saturated carbocycles. The van der Waals surface area contributed by atoms with Crippen molar-refractivity contribution < 1.29 is 0 Å². The second kappa shape index (κ2) is 4.57. The molecule has 3 rings (SSSR count). The summed E-state index contributed by atoms with van der Waals surface area (Å²) in [5.41, 5.74) is 0. The smallest absolute Gasteiger partial charge is 0.0103 e. The van der Waals surface area contributed by atoms with Crippen LogP contribution in [0.1, 0.15) is 59.3 Å². The molecule has 1 nitrogen and oxygen atoms in total. The summed E-state index contributed by atoms with van der Waals surface area (Å²) in [7, 11) is 0. The average Bonchev–Trinajstić information content (AvgIpc) is 2.32. The van der Waals surface area contributed by atoms with Gasteiger partial charge >= 0.3 is 0 Å². The van der Waals surface area contributed by atoms with Gasteiger partial charge < -0.3 is 5.32 Å². The maximum Gasteiger partial charge on any atom is 0.0103 e. The predicted molar refractivity (Wildman–Crippen MR) is 72.9 cm³/mol. The van der Waals surface area contributed by atoms with Crippen molar-refractivity contribution in [3.63, 3.8) is 0 Å². The van der Waals surface area contributed by atoms with Gasteiger partial charge in [-0.2, -0.15) is 0 Å². The van der Waals surface area contributed by atoms with Gasteiger partial charge in [-0.1, -0.05) is 33.6 Å². The third kappa shape index (κ3) is 2.05. The second-order valence-electron chi connectivity index (χ2n) is 7.28. The third-order valence-corrected chi connectivity index (χ3v) is 6.36. The van der Waals surface area contributed by atoms with Crippen LogP contribution in [0.25, 0.3) is 0 Å². The fraction of sp³-hybridized carbons (Fsp3) is 1.00. The molecule has 1 aliphatic heterocycles. The van der Waals surface area contributed by atoms with Crippen molar-refractivity contribution in [3.05, 3.63) is 0 Å². The Morgan fingerprint density at radius 3 is 2.29 bits per heavy atom. The van der Waals surface area contributed by atoms with Crippen molar-refractivity contribution in [2.24, 2.45) is 29.6 Å². The number of nitrogens with one attached hydrogen (secondary N) is 1. The molecule has 0 bridgehead atoms. The molecule has 0 aromatic rings. The Morgan fingerprint density at radius 2 is 1.47 bits per heavy atom. The molecule has 17 heavy (non-hydrogen) atoms. The van der Waals surface area contributed by atoms with Crippen molar-refractivity contribution in [1.82, 2.24) is 5.32 Å². The lowest BCUT2D eigenvalue weighted by atomic mass is 9.60. The van der Waals surface area contributed by atoms with Gasteiger partial charge in [0.1, 0.15) is 0 Å². The summed E-state index contributed by atoms with van der Waals surface area (Å²) < 4.78 is 0. The maximum absolute atomic E-state index is 4.04. The SMILES string of the molecule is CC1CC2NC3CCCCC3C(C)C2CC1C. The van der Waals surface area contributed by atoms with Crippen LogP contribution in [0.5, 0.6) is 0 Å². The first-order valence-electron chi connectivity index (χ1n) is 7.93. The lowest BCUT2D eigenvalue weighted by Crippen LogP contribution is -2.59. The van der Waals surface area contributed by atoms with Crippen molar-refractivity contribution in [2.75, 3.05) is 0 Å². The van der Waals surface area contributed by atoms with Crippen LogP contribution >= 0.6 is 0 Å². The van der Waals surface area contributed by atoms with Gasteiger partial charge in [-0.25, -0.2) is 0 Å². The largest absolute Gasteiger partial charge is 0.311 e. The molecule has 0 aromatic carbocycles. The minimum atomic E-state index is 0.843. The monoisotopic (exact) mass is 235 g/mol. The van der Waals surface area contributed by atoms with Crippen LogP contribution in [-0.2, 0) is 0 Å². The molecule has 7 atom stereocenters. The molecule has 0 spiro atoms. The highest BCUT2D eigenvalue weighted by molar-refractivity contribution is 5.00. The molecule has 98 valence electrons. The first-order valence-corrected chi connectivity index (χ1v) is 7.93. The first-order chi connectivity index (χ1) is 8.16.